The third-order valence-electron chi connectivity index (χ3n) is 3.02. The van der Waals surface area contributed by atoms with Gasteiger partial charge >= 0.3 is 0 Å². The maximum atomic E-state index is 9.04. The molecule has 0 aliphatic heterocycles. The number of benzene rings is 1. The van der Waals surface area contributed by atoms with Crippen molar-refractivity contribution in [3.63, 3.8) is 0 Å². The van der Waals surface area contributed by atoms with Crippen molar-refractivity contribution >= 4 is 11.4 Å². The molecule has 0 bridgehead atoms. The Morgan fingerprint density at radius 2 is 2.12 bits per heavy atom. The highest BCUT2D eigenvalue weighted by atomic mass is 14.9. The maximum absolute atomic E-state index is 9.04. The summed E-state index contributed by atoms with van der Waals surface area (Å²) in [6.45, 7) is 6.58. The van der Waals surface area contributed by atoms with Crippen molar-refractivity contribution in [2.24, 2.45) is 5.92 Å². The first kappa shape index (κ1) is 13.4. The Kier molecular flexibility index (Phi) is 4.84. The first-order valence-corrected chi connectivity index (χ1v) is 6.13. The summed E-state index contributed by atoms with van der Waals surface area (Å²) in [5.74, 6) is 0.691. The van der Waals surface area contributed by atoms with Crippen LogP contribution < -0.4 is 11.1 Å². The van der Waals surface area contributed by atoms with Crippen molar-refractivity contribution in [1.82, 2.24) is 0 Å². The fourth-order valence-corrected chi connectivity index (χ4v) is 1.87. The van der Waals surface area contributed by atoms with E-state index >= 15 is 0 Å². The van der Waals surface area contributed by atoms with Crippen molar-refractivity contribution in [1.29, 1.82) is 5.26 Å². The van der Waals surface area contributed by atoms with E-state index in [1.54, 1.807) is 6.07 Å². The van der Waals surface area contributed by atoms with Gasteiger partial charge in [-0.15, -0.1) is 0 Å². The van der Waals surface area contributed by atoms with Crippen LogP contribution in [0.15, 0.2) is 18.2 Å². The minimum atomic E-state index is 0.362. The lowest BCUT2D eigenvalue weighted by atomic mass is 10.00. The molecular weight excluding hydrogens is 210 g/mol. The van der Waals surface area contributed by atoms with Gasteiger partial charge in [-0.25, -0.2) is 0 Å². The number of nitrogen functional groups attached to an aromatic ring is 1. The Morgan fingerprint density at radius 3 is 2.71 bits per heavy atom. The summed E-state index contributed by atoms with van der Waals surface area (Å²) in [4.78, 5) is 0. The third kappa shape index (κ3) is 3.99. The zero-order valence-electron chi connectivity index (χ0n) is 10.8. The highest BCUT2D eigenvalue weighted by Gasteiger charge is 2.09. The molecule has 0 aliphatic rings. The van der Waals surface area contributed by atoms with Gasteiger partial charge < -0.3 is 11.1 Å². The number of nitriles is 1. The van der Waals surface area contributed by atoms with Gasteiger partial charge in [0.05, 0.1) is 11.3 Å². The molecule has 2 atom stereocenters. The largest absolute Gasteiger partial charge is 0.399 e. The molecule has 1 rings (SSSR count). The van der Waals surface area contributed by atoms with Gasteiger partial charge in [-0.2, -0.15) is 5.26 Å². The molecular formula is C14H21N3. The number of rotatable bonds is 5. The maximum Gasteiger partial charge on any atom is 0.101 e. The molecule has 2 unspecified atom stereocenters. The lowest BCUT2D eigenvalue weighted by molar-refractivity contribution is 0.484. The van der Waals surface area contributed by atoms with Crippen LogP contribution >= 0.6 is 0 Å². The van der Waals surface area contributed by atoms with Gasteiger partial charge in [-0.1, -0.05) is 20.3 Å². The molecule has 92 valence electrons. The molecule has 0 aliphatic carbocycles. The summed E-state index contributed by atoms with van der Waals surface area (Å²) in [7, 11) is 0. The Hall–Kier alpha value is -1.69. The minimum Gasteiger partial charge on any atom is -0.399 e. The van der Waals surface area contributed by atoms with Gasteiger partial charge in [-0.05, 0) is 37.5 Å². The van der Waals surface area contributed by atoms with Crippen LogP contribution in [-0.4, -0.2) is 6.04 Å². The summed E-state index contributed by atoms with van der Waals surface area (Å²) in [6.07, 6.45) is 2.28. The van der Waals surface area contributed by atoms with Gasteiger partial charge in [0.25, 0.3) is 0 Å². The fourth-order valence-electron chi connectivity index (χ4n) is 1.87. The molecule has 17 heavy (non-hydrogen) atoms. The molecule has 0 saturated heterocycles. The van der Waals surface area contributed by atoms with Crippen molar-refractivity contribution < 1.29 is 0 Å². The predicted molar refractivity (Wildman–Crippen MR) is 72.7 cm³/mol. The summed E-state index contributed by atoms with van der Waals surface area (Å²) in [5, 5.41) is 12.4. The zero-order valence-corrected chi connectivity index (χ0v) is 10.8. The van der Waals surface area contributed by atoms with Crippen LogP contribution in [0.1, 0.15) is 39.2 Å². The first-order valence-electron chi connectivity index (χ1n) is 6.13. The molecule has 3 N–H and O–H groups in total. The SMILES string of the molecule is CCC(C)CC(C)Nc1ccc(N)cc1C#N. The van der Waals surface area contributed by atoms with Crippen LogP contribution in [0.4, 0.5) is 11.4 Å². The molecule has 0 spiro atoms. The van der Waals surface area contributed by atoms with E-state index in [-0.39, 0.29) is 0 Å². The lowest BCUT2D eigenvalue weighted by Crippen LogP contribution is -2.18. The van der Waals surface area contributed by atoms with Crippen LogP contribution in [-0.2, 0) is 0 Å². The van der Waals surface area contributed by atoms with Crippen LogP contribution in [0.2, 0.25) is 0 Å². The third-order valence-corrected chi connectivity index (χ3v) is 3.02. The van der Waals surface area contributed by atoms with Crippen molar-refractivity contribution in [3.8, 4) is 6.07 Å². The second kappa shape index (κ2) is 6.15. The molecule has 0 fully saturated rings. The topological polar surface area (TPSA) is 61.8 Å². The zero-order chi connectivity index (χ0) is 12.8. The van der Waals surface area contributed by atoms with E-state index in [9.17, 15) is 0 Å². The molecule has 0 radical (unpaired) electrons. The van der Waals surface area contributed by atoms with E-state index in [1.165, 1.54) is 6.42 Å². The second-order valence-corrected chi connectivity index (χ2v) is 4.71. The Morgan fingerprint density at radius 1 is 1.41 bits per heavy atom. The normalized spacial score (nSPS) is 13.8. The molecule has 0 aromatic heterocycles. The van der Waals surface area contributed by atoms with E-state index in [4.69, 9.17) is 11.0 Å². The van der Waals surface area contributed by atoms with Crippen molar-refractivity contribution in [3.05, 3.63) is 23.8 Å². The van der Waals surface area contributed by atoms with E-state index in [0.29, 0.717) is 23.2 Å². The predicted octanol–water partition coefficient (Wildman–Crippen LogP) is 3.38. The number of hydrogen-bond donors (Lipinski definition) is 2. The second-order valence-electron chi connectivity index (χ2n) is 4.71. The Balaban J connectivity index is 2.71. The number of nitrogens with two attached hydrogens (primary N) is 1. The van der Waals surface area contributed by atoms with Gasteiger partial charge in [-0.3, -0.25) is 0 Å². The lowest BCUT2D eigenvalue weighted by Gasteiger charge is -2.19. The number of hydrogen-bond acceptors (Lipinski definition) is 3. The van der Waals surface area contributed by atoms with Crippen molar-refractivity contribution in [2.45, 2.75) is 39.7 Å². The summed E-state index contributed by atoms with van der Waals surface area (Å²) in [6, 6.07) is 7.93. The molecule has 1 aromatic carbocycles. The van der Waals surface area contributed by atoms with E-state index in [1.807, 2.05) is 12.1 Å². The standard InChI is InChI=1S/C14H21N3/c1-4-10(2)7-11(3)17-14-6-5-13(16)8-12(14)9-15/h5-6,8,10-11,17H,4,7,16H2,1-3H3. The van der Waals surface area contributed by atoms with Crippen LogP contribution in [0.25, 0.3) is 0 Å². The van der Waals surface area contributed by atoms with Gasteiger partial charge in [0, 0.05) is 11.7 Å². The minimum absolute atomic E-state index is 0.362. The smallest absolute Gasteiger partial charge is 0.101 e. The summed E-state index contributed by atoms with van der Waals surface area (Å²) in [5.41, 5.74) is 7.77. The van der Waals surface area contributed by atoms with E-state index < -0.39 is 0 Å². The van der Waals surface area contributed by atoms with Crippen LogP contribution in [0, 0.1) is 17.2 Å². The monoisotopic (exact) mass is 231 g/mol. The molecule has 0 amide bonds. The molecule has 0 saturated carbocycles. The quantitative estimate of drug-likeness (QED) is 0.764. The Bertz CT molecular complexity index is 406. The number of nitrogens with one attached hydrogen (secondary N) is 1. The van der Waals surface area contributed by atoms with Crippen LogP contribution in [0.3, 0.4) is 0 Å². The number of nitrogens with zero attached hydrogens (tertiary/aromatic N) is 1. The van der Waals surface area contributed by atoms with E-state index in [0.717, 1.165) is 12.1 Å². The highest BCUT2D eigenvalue weighted by molar-refractivity contribution is 5.63. The summed E-state index contributed by atoms with van der Waals surface area (Å²) < 4.78 is 0. The van der Waals surface area contributed by atoms with Gasteiger partial charge in [0.2, 0.25) is 0 Å². The molecule has 1 aromatic rings. The van der Waals surface area contributed by atoms with E-state index in [2.05, 4.69) is 32.2 Å². The van der Waals surface area contributed by atoms with Crippen LogP contribution in [0.5, 0.6) is 0 Å². The average Bonchev–Trinajstić information content (AvgIpc) is 2.31. The Labute approximate surface area is 104 Å². The molecule has 3 heteroatoms. The summed E-state index contributed by atoms with van der Waals surface area (Å²) >= 11 is 0. The number of anilines is 2. The van der Waals surface area contributed by atoms with Gasteiger partial charge in [0.15, 0.2) is 0 Å². The highest BCUT2D eigenvalue weighted by Crippen LogP contribution is 2.20. The van der Waals surface area contributed by atoms with Gasteiger partial charge in [0.1, 0.15) is 6.07 Å². The molecule has 3 nitrogen and oxygen atoms in total. The van der Waals surface area contributed by atoms with Crippen molar-refractivity contribution in [2.75, 3.05) is 11.1 Å². The average molecular weight is 231 g/mol. The fraction of sp³-hybridized carbons (Fsp3) is 0.500. The molecule has 0 heterocycles. The first-order chi connectivity index (χ1) is 8.06.